The molecule has 3 aliphatic carbocycles. The van der Waals surface area contributed by atoms with E-state index in [1.807, 2.05) is 0 Å². The Morgan fingerprint density at radius 3 is 2.33 bits per heavy atom. The minimum Gasteiger partial charge on any atom is -0.264 e. The first-order valence-corrected chi connectivity index (χ1v) is 6.41. The van der Waals surface area contributed by atoms with Crippen molar-refractivity contribution < 1.29 is 4.92 Å². The quantitative estimate of drug-likeness (QED) is 0.492. The second-order valence-electron chi connectivity index (χ2n) is 5.70. The molecule has 0 aliphatic heterocycles. The Bertz CT molecular complexity index is 273. The van der Waals surface area contributed by atoms with Crippen LogP contribution in [-0.4, -0.2) is 11.0 Å². The molecule has 0 spiro atoms. The van der Waals surface area contributed by atoms with Crippen LogP contribution in [0.25, 0.3) is 0 Å². The van der Waals surface area contributed by atoms with Crippen molar-refractivity contribution in [2.75, 3.05) is 0 Å². The third kappa shape index (κ3) is 1.39. The van der Waals surface area contributed by atoms with Crippen LogP contribution in [-0.2, 0) is 0 Å². The van der Waals surface area contributed by atoms with Crippen LogP contribution in [0.5, 0.6) is 0 Å². The summed E-state index contributed by atoms with van der Waals surface area (Å²) in [6.07, 6.45) is 8.41. The summed E-state index contributed by atoms with van der Waals surface area (Å²) in [5.74, 6) is 2.84. The van der Waals surface area contributed by atoms with Gasteiger partial charge in [-0.3, -0.25) is 10.1 Å². The van der Waals surface area contributed by atoms with E-state index < -0.39 is 0 Å². The first-order valence-electron chi connectivity index (χ1n) is 6.41. The lowest BCUT2D eigenvalue weighted by molar-refractivity contribution is -0.540. The van der Waals surface area contributed by atoms with E-state index >= 15 is 0 Å². The van der Waals surface area contributed by atoms with Crippen molar-refractivity contribution in [3.8, 4) is 0 Å². The molecule has 3 aliphatic rings. The van der Waals surface area contributed by atoms with Crippen LogP contribution in [0.2, 0.25) is 0 Å². The minimum atomic E-state index is -0.202. The van der Waals surface area contributed by atoms with Crippen molar-refractivity contribution in [2.24, 2.45) is 23.7 Å². The average Bonchev–Trinajstić information content (AvgIpc) is 2.64. The Labute approximate surface area is 90.4 Å². The fourth-order valence-electron chi connectivity index (χ4n) is 4.69. The van der Waals surface area contributed by atoms with Gasteiger partial charge in [-0.25, -0.2) is 0 Å². The summed E-state index contributed by atoms with van der Waals surface area (Å²) in [6.45, 7) is 0. The highest BCUT2D eigenvalue weighted by Gasteiger charge is 2.52. The summed E-state index contributed by atoms with van der Waals surface area (Å²) < 4.78 is 0. The molecule has 3 fully saturated rings. The molecule has 0 amide bonds. The van der Waals surface area contributed by atoms with Gasteiger partial charge >= 0.3 is 0 Å². The second kappa shape index (κ2) is 3.46. The largest absolute Gasteiger partial charge is 0.264 e. The van der Waals surface area contributed by atoms with Crippen LogP contribution in [0.1, 0.15) is 44.9 Å². The van der Waals surface area contributed by atoms with Crippen molar-refractivity contribution in [3.05, 3.63) is 10.1 Å². The summed E-state index contributed by atoms with van der Waals surface area (Å²) in [4.78, 5) is 11.1. The van der Waals surface area contributed by atoms with Crippen LogP contribution < -0.4 is 0 Å². The summed E-state index contributed by atoms with van der Waals surface area (Å²) in [6, 6.07) is -0.202. The normalized spacial score (nSPS) is 48.7. The Morgan fingerprint density at radius 1 is 0.933 bits per heavy atom. The zero-order valence-corrected chi connectivity index (χ0v) is 9.10. The van der Waals surface area contributed by atoms with Crippen LogP contribution in [0.3, 0.4) is 0 Å². The van der Waals surface area contributed by atoms with Gasteiger partial charge in [-0.15, -0.1) is 0 Å². The maximum absolute atomic E-state index is 11.0. The van der Waals surface area contributed by atoms with E-state index in [4.69, 9.17) is 0 Å². The fraction of sp³-hybridized carbons (Fsp3) is 1.00. The lowest BCUT2D eigenvalue weighted by atomic mass is 9.63. The first-order chi connectivity index (χ1) is 7.27. The minimum absolute atomic E-state index is 0.0155. The molecule has 15 heavy (non-hydrogen) atoms. The van der Waals surface area contributed by atoms with Crippen LogP contribution in [0.15, 0.2) is 0 Å². The van der Waals surface area contributed by atoms with Gasteiger partial charge in [0.05, 0.1) is 0 Å². The van der Waals surface area contributed by atoms with E-state index in [9.17, 15) is 10.1 Å². The highest BCUT2D eigenvalue weighted by Crippen LogP contribution is 2.54. The van der Waals surface area contributed by atoms with E-state index in [0.29, 0.717) is 5.92 Å². The van der Waals surface area contributed by atoms with Crippen molar-refractivity contribution in [1.29, 1.82) is 0 Å². The predicted molar refractivity (Wildman–Crippen MR) is 57.1 cm³/mol. The Morgan fingerprint density at radius 2 is 1.60 bits per heavy atom. The van der Waals surface area contributed by atoms with Crippen molar-refractivity contribution in [2.45, 2.75) is 51.0 Å². The van der Waals surface area contributed by atoms with Gasteiger partial charge in [0.2, 0.25) is 6.04 Å². The lowest BCUT2D eigenvalue weighted by Gasteiger charge is -2.41. The summed E-state index contributed by atoms with van der Waals surface area (Å²) in [7, 11) is 0. The first kappa shape index (κ1) is 9.61. The number of nitro groups is 1. The monoisotopic (exact) mass is 209 g/mol. The zero-order valence-electron chi connectivity index (χ0n) is 9.10. The Hall–Kier alpha value is -0.600. The van der Waals surface area contributed by atoms with Crippen molar-refractivity contribution in [1.82, 2.24) is 0 Å². The number of hydrogen-bond acceptors (Lipinski definition) is 2. The molecular weight excluding hydrogens is 190 g/mol. The van der Waals surface area contributed by atoms with E-state index in [0.717, 1.165) is 37.0 Å². The molecule has 0 radical (unpaired) electrons. The number of rotatable bonds is 1. The van der Waals surface area contributed by atoms with E-state index in [-0.39, 0.29) is 11.0 Å². The van der Waals surface area contributed by atoms with Gasteiger partial charge in [0.25, 0.3) is 0 Å². The second-order valence-corrected chi connectivity index (χ2v) is 5.70. The molecular formula is C12H19NO2. The molecule has 0 saturated heterocycles. The van der Waals surface area contributed by atoms with Gasteiger partial charge < -0.3 is 0 Å². The molecule has 3 saturated carbocycles. The van der Waals surface area contributed by atoms with Crippen LogP contribution >= 0.6 is 0 Å². The molecule has 0 heterocycles. The van der Waals surface area contributed by atoms with E-state index in [1.54, 1.807) is 0 Å². The maximum atomic E-state index is 11.0. The number of hydrogen-bond donors (Lipinski definition) is 0. The SMILES string of the molecule is O=[N+]([O-])[C@@H]1CC[C@H]2CC[C@@H]3CCC[C@@H]1[C@@H]23. The highest BCUT2D eigenvalue weighted by atomic mass is 16.6. The van der Waals surface area contributed by atoms with Gasteiger partial charge in [-0.1, -0.05) is 12.8 Å². The third-order valence-corrected chi connectivity index (χ3v) is 5.20. The zero-order chi connectivity index (χ0) is 10.4. The van der Waals surface area contributed by atoms with E-state index in [1.165, 1.54) is 25.7 Å². The van der Waals surface area contributed by atoms with E-state index in [2.05, 4.69) is 0 Å². The number of nitrogens with zero attached hydrogens (tertiary/aromatic N) is 1. The summed E-state index contributed by atoms with van der Waals surface area (Å²) >= 11 is 0. The molecule has 84 valence electrons. The predicted octanol–water partition coefficient (Wildman–Crippen LogP) is 2.87. The molecule has 3 nitrogen and oxygen atoms in total. The third-order valence-electron chi connectivity index (χ3n) is 5.20. The molecule has 0 aromatic heterocycles. The molecule has 3 heteroatoms. The van der Waals surface area contributed by atoms with Crippen molar-refractivity contribution >= 4 is 0 Å². The molecule has 0 aromatic carbocycles. The summed E-state index contributed by atoms with van der Waals surface area (Å²) in [5.41, 5.74) is 0. The van der Waals surface area contributed by atoms with Crippen LogP contribution in [0.4, 0.5) is 0 Å². The fourth-order valence-corrected chi connectivity index (χ4v) is 4.69. The lowest BCUT2D eigenvalue weighted by Crippen LogP contribution is -2.44. The average molecular weight is 209 g/mol. The summed E-state index contributed by atoms with van der Waals surface area (Å²) in [5, 5.41) is 11.0. The van der Waals surface area contributed by atoms with Gasteiger partial charge in [0.1, 0.15) is 0 Å². The van der Waals surface area contributed by atoms with Gasteiger partial charge in [0.15, 0.2) is 0 Å². The Balaban J connectivity index is 1.86. The molecule has 0 bridgehead atoms. The van der Waals surface area contributed by atoms with Gasteiger partial charge in [-0.2, -0.15) is 0 Å². The molecule has 0 N–H and O–H groups in total. The highest BCUT2D eigenvalue weighted by molar-refractivity contribution is 4.97. The van der Waals surface area contributed by atoms with Gasteiger partial charge in [0, 0.05) is 17.3 Å². The maximum Gasteiger partial charge on any atom is 0.216 e. The van der Waals surface area contributed by atoms with Crippen LogP contribution in [0, 0.1) is 33.8 Å². The molecule has 3 rings (SSSR count). The molecule has 0 aromatic rings. The standard InChI is InChI=1S/C12H19NO2/c14-13(15)11-7-6-9-5-4-8-2-1-3-10(11)12(8)9/h8-12H,1-7H2/t8-,9+,10-,11+,12+/m0/s1. The molecule has 0 unspecified atom stereocenters. The Kier molecular flexibility index (Phi) is 2.22. The molecule has 5 atom stereocenters. The smallest absolute Gasteiger partial charge is 0.216 e. The van der Waals surface area contributed by atoms with Crippen molar-refractivity contribution in [3.63, 3.8) is 0 Å². The topological polar surface area (TPSA) is 43.1 Å². The van der Waals surface area contributed by atoms with Gasteiger partial charge in [-0.05, 0) is 43.4 Å².